The van der Waals surface area contributed by atoms with Crippen molar-refractivity contribution >= 4 is 35.7 Å². The number of hydrogen-bond acceptors (Lipinski definition) is 11. The third-order valence-electron chi connectivity index (χ3n) is 10.4. The lowest BCUT2D eigenvalue weighted by atomic mass is 9.90. The summed E-state index contributed by atoms with van der Waals surface area (Å²) >= 11 is 0. The molecule has 1 heterocycles. The molecule has 0 spiro atoms. The molecule has 14 nitrogen and oxygen atoms in total. The SMILES string of the molecule is CN[C@@H](CC1CC1)C(=O)OCC(=O)N(C)[C@@H](CC(C)(C)F)C(=O)O[C@H](Cc1ccc(C2CCOCC2)cc1)C(=O)N(C)[C@@H](CC1CC1)C(=O)OCC(=O)O. The highest BCUT2D eigenvalue weighted by Gasteiger charge is 2.41. The Morgan fingerprint density at radius 1 is 0.852 bits per heavy atom. The quantitative estimate of drug-likeness (QED) is 0.138. The number of nitrogens with zero attached hydrogens (tertiary/aromatic N) is 2. The maximum absolute atomic E-state index is 15.2. The van der Waals surface area contributed by atoms with Crippen LogP contribution in [0.5, 0.6) is 0 Å². The zero-order chi connectivity index (χ0) is 39.6. The predicted molar refractivity (Wildman–Crippen MR) is 193 cm³/mol. The molecule has 0 radical (unpaired) electrons. The van der Waals surface area contributed by atoms with Crippen LogP contribution < -0.4 is 5.32 Å². The number of likely N-dealkylation sites (N-methyl/N-ethyl adjacent to an activating group) is 3. The molecule has 3 aliphatic rings. The number of carboxylic acid groups (broad SMARTS) is 1. The van der Waals surface area contributed by atoms with Crippen molar-refractivity contribution in [1.82, 2.24) is 15.1 Å². The van der Waals surface area contributed by atoms with Gasteiger partial charge < -0.3 is 39.2 Å². The van der Waals surface area contributed by atoms with Crippen LogP contribution in [-0.2, 0) is 54.1 Å². The van der Waals surface area contributed by atoms with Gasteiger partial charge in [-0.2, -0.15) is 0 Å². The topological polar surface area (TPSA) is 178 Å². The Morgan fingerprint density at radius 3 is 2.00 bits per heavy atom. The van der Waals surface area contributed by atoms with Crippen molar-refractivity contribution in [3.05, 3.63) is 35.4 Å². The maximum atomic E-state index is 15.2. The van der Waals surface area contributed by atoms with Gasteiger partial charge in [0.25, 0.3) is 11.8 Å². The van der Waals surface area contributed by atoms with E-state index in [2.05, 4.69) is 5.32 Å². The Hall–Kier alpha value is -4.11. The summed E-state index contributed by atoms with van der Waals surface area (Å²) in [4.78, 5) is 80.5. The number of carbonyl (C=O) groups is 6. The van der Waals surface area contributed by atoms with E-state index in [0.717, 1.165) is 53.9 Å². The lowest BCUT2D eigenvalue weighted by molar-refractivity contribution is -0.171. The number of hydrogen-bond donors (Lipinski definition) is 2. The second-order valence-electron chi connectivity index (χ2n) is 15.5. The fourth-order valence-corrected chi connectivity index (χ4v) is 6.63. The Morgan fingerprint density at radius 2 is 1.44 bits per heavy atom. The van der Waals surface area contributed by atoms with Crippen LogP contribution in [0.3, 0.4) is 0 Å². The molecule has 0 aromatic heterocycles. The van der Waals surface area contributed by atoms with E-state index in [1.54, 1.807) is 7.05 Å². The molecule has 3 fully saturated rings. The number of rotatable bonds is 21. The number of ether oxygens (including phenoxy) is 4. The van der Waals surface area contributed by atoms with E-state index in [0.29, 0.717) is 37.0 Å². The largest absolute Gasteiger partial charge is 0.479 e. The standard InChI is InChI=1S/C39H56FN3O11/c1-39(2,40)21-31(42(4)33(44)22-52-36(48)29(41-3)18-24-6-7-24)38(50)54-32(20-26-10-12-27(13-11-26)28-14-16-51-17-15-28)35(47)43(5)30(19-25-8-9-25)37(49)53-23-34(45)46/h10-13,24-25,28-32,41H,6-9,14-23H2,1-5H3,(H,45,46)/t29-,30-,31-,32+/m0/s1. The van der Waals surface area contributed by atoms with Crippen molar-refractivity contribution in [1.29, 1.82) is 0 Å². The van der Waals surface area contributed by atoms with Crippen molar-refractivity contribution in [3.63, 3.8) is 0 Å². The Labute approximate surface area is 316 Å². The van der Waals surface area contributed by atoms with Gasteiger partial charge in [0.05, 0.1) is 0 Å². The highest BCUT2D eigenvalue weighted by atomic mass is 19.1. The van der Waals surface area contributed by atoms with Gasteiger partial charge in [0.15, 0.2) is 19.3 Å². The van der Waals surface area contributed by atoms with Gasteiger partial charge in [0, 0.05) is 40.2 Å². The normalized spacial score (nSPS) is 18.4. The summed E-state index contributed by atoms with van der Waals surface area (Å²) in [6.45, 7) is 2.23. The highest BCUT2D eigenvalue weighted by Crippen LogP contribution is 2.36. The van der Waals surface area contributed by atoms with Crippen molar-refractivity contribution in [2.75, 3.05) is 47.6 Å². The molecule has 0 unspecified atom stereocenters. The van der Waals surface area contributed by atoms with E-state index in [9.17, 15) is 28.8 Å². The summed E-state index contributed by atoms with van der Waals surface area (Å²) in [5.74, 6) is -4.61. The summed E-state index contributed by atoms with van der Waals surface area (Å²) in [6, 6.07) is 4.29. The number of halogens is 1. The summed E-state index contributed by atoms with van der Waals surface area (Å²) in [5, 5.41) is 12.0. The molecule has 15 heteroatoms. The summed E-state index contributed by atoms with van der Waals surface area (Å²) in [6.07, 6.45) is 4.12. The van der Waals surface area contributed by atoms with Crippen molar-refractivity contribution in [2.24, 2.45) is 11.8 Å². The smallest absolute Gasteiger partial charge is 0.341 e. The first-order chi connectivity index (χ1) is 25.6. The number of carbonyl (C=O) groups excluding carboxylic acids is 5. The molecular weight excluding hydrogens is 705 g/mol. The van der Waals surface area contributed by atoms with E-state index < -0.39 is 85.2 Å². The average molecular weight is 762 g/mol. The van der Waals surface area contributed by atoms with Crippen LogP contribution in [-0.4, -0.2) is 128 Å². The predicted octanol–water partition coefficient (Wildman–Crippen LogP) is 3.19. The second-order valence-corrected chi connectivity index (χ2v) is 15.5. The number of carboxylic acids is 1. The monoisotopic (exact) mass is 761 g/mol. The minimum atomic E-state index is -1.96. The Bertz CT molecular complexity index is 1470. The van der Waals surface area contributed by atoms with Crippen LogP contribution in [0.1, 0.15) is 88.7 Å². The summed E-state index contributed by atoms with van der Waals surface area (Å²) in [7, 11) is 4.26. The third kappa shape index (κ3) is 13.3. The van der Waals surface area contributed by atoms with Crippen molar-refractivity contribution in [2.45, 2.75) is 114 Å². The number of benzene rings is 1. The molecule has 1 aromatic rings. The van der Waals surface area contributed by atoms with Crippen LogP contribution >= 0.6 is 0 Å². The second kappa shape index (κ2) is 19.5. The van der Waals surface area contributed by atoms with E-state index in [1.165, 1.54) is 27.9 Å². The van der Waals surface area contributed by atoms with Gasteiger partial charge in [-0.25, -0.2) is 18.8 Å². The van der Waals surface area contributed by atoms with Crippen LogP contribution in [0.25, 0.3) is 0 Å². The third-order valence-corrected chi connectivity index (χ3v) is 10.4. The van der Waals surface area contributed by atoms with Crippen LogP contribution in [0.15, 0.2) is 24.3 Å². The molecule has 0 bridgehead atoms. The molecule has 4 rings (SSSR count). The van der Waals surface area contributed by atoms with Crippen LogP contribution in [0.4, 0.5) is 4.39 Å². The Kier molecular flexibility index (Phi) is 15.4. The molecule has 2 N–H and O–H groups in total. The molecule has 2 saturated carbocycles. The molecule has 2 aliphatic carbocycles. The van der Waals surface area contributed by atoms with E-state index >= 15 is 4.39 Å². The molecule has 1 aromatic carbocycles. The lowest BCUT2D eigenvalue weighted by Crippen LogP contribution is -2.52. The molecule has 2 amide bonds. The molecule has 54 heavy (non-hydrogen) atoms. The number of alkyl halides is 1. The maximum Gasteiger partial charge on any atom is 0.341 e. The summed E-state index contributed by atoms with van der Waals surface area (Å²) in [5.41, 5.74) is -0.221. The minimum Gasteiger partial charge on any atom is -0.479 e. The zero-order valence-corrected chi connectivity index (χ0v) is 32.1. The minimum absolute atomic E-state index is 0.114. The van der Waals surface area contributed by atoms with Gasteiger partial charge in [0.2, 0.25) is 0 Å². The van der Waals surface area contributed by atoms with Gasteiger partial charge >= 0.3 is 23.9 Å². The highest BCUT2D eigenvalue weighted by molar-refractivity contribution is 5.91. The number of esters is 3. The van der Waals surface area contributed by atoms with Gasteiger partial charge in [-0.3, -0.25) is 14.4 Å². The first-order valence-corrected chi connectivity index (χ1v) is 18.9. The fourth-order valence-electron chi connectivity index (χ4n) is 6.63. The molecule has 1 saturated heterocycles. The first-order valence-electron chi connectivity index (χ1n) is 18.9. The van der Waals surface area contributed by atoms with Gasteiger partial charge in [-0.15, -0.1) is 0 Å². The number of aliphatic carboxylic acids is 1. The number of nitrogens with one attached hydrogen (secondary N) is 1. The van der Waals surface area contributed by atoms with Crippen LogP contribution in [0.2, 0.25) is 0 Å². The zero-order valence-electron chi connectivity index (χ0n) is 32.1. The van der Waals surface area contributed by atoms with Gasteiger partial charge in [-0.05, 0) is 75.5 Å². The van der Waals surface area contributed by atoms with E-state index in [1.807, 2.05) is 24.3 Å². The van der Waals surface area contributed by atoms with Crippen molar-refractivity contribution in [3.8, 4) is 0 Å². The lowest BCUT2D eigenvalue weighted by Gasteiger charge is -2.33. The Balaban J connectivity index is 1.55. The van der Waals surface area contributed by atoms with E-state index in [-0.39, 0.29) is 18.8 Å². The first kappa shape index (κ1) is 42.6. The summed E-state index contributed by atoms with van der Waals surface area (Å²) < 4.78 is 36.8. The molecule has 4 atom stereocenters. The molecule has 1 aliphatic heterocycles. The fraction of sp³-hybridized carbons (Fsp3) is 0.692. The van der Waals surface area contributed by atoms with Gasteiger partial charge in [-0.1, -0.05) is 49.9 Å². The average Bonchev–Trinajstić information content (AvgIpc) is 4.09. The molecular formula is C39H56FN3O11. The van der Waals surface area contributed by atoms with Gasteiger partial charge in [0.1, 0.15) is 23.8 Å². The van der Waals surface area contributed by atoms with Crippen LogP contribution in [0, 0.1) is 11.8 Å². The molecule has 300 valence electrons. The van der Waals surface area contributed by atoms with Crippen molar-refractivity contribution < 1.29 is 57.2 Å². The number of amides is 2. The van der Waals surface area contributed by atoms with E-state index in [4.69, 9.17) is 24.1 Å².